The van der Waals surface area contributed by atoms with E-state index in [9.17, 15) is 4.79 Å². The topological polar surface area (TPSA) is 43.2 Å². The van der Waals surface area contributed by atoms with Crippen molar-refractivity contribution in [3.8, 4) is 11.5 Å². The van der Waals surface area contributed by atoms with Gasteiger partial charge in [0.25, 0.3) is 0 Å². The van der Waals surface area contributed by atoms with E-state index in [1.807, 2.05) is 35.2 Å². The molecule has 0 aliphatic carbocycles. The van der Waals surface area contributed by atoms with Crippen molar-refractivity contribution in [2.75, 3.05) is 39.9 Å². The van der Waals surface area contributed by atoms with E-state index in [0.717, 1.165) is 44.2 Å². The molecule has 5 heteroatoms. The molecule has 0 aromatic heterocycles. The molecule has 1 aliphatic rings. The van der Waals surface area contributed by atoms with Crippen molar-refractivity contribution in [2.24, 2.45) is 0 Å². The van der Waals surface area contributed by atoms with Crippen molar-refractivity contribution in [3.05, 3.63) is 60.2 Å². The van der Waals surface area contributed by atoms with Gasteiger partial charge in [0.1, 0.15) is 18.0 Å². The monoisotopic (exact) mass is 355 g/mol. The van der Waals surface area contributed by atoms with E-state index in [1.54, 1.807) is 7.11 Å². The van der Waals surface area contributed by atoms with E-state index in [-0.39, 0.29) is 5.91 Å². The number of ether oxygens (including phenoxy) is 2. The largest absolute Gasteiger partial charge is 0.497 e. The van der Waals surface area contributed by atoms with Gasteiger partial charge in [0.15, 0.2) is 0 Å². The van der Waals surface area contributed by atoms with E-state index in [1.165, 1.54) is 10.5 Å². The molecule has 2 aromatic carbocycles. The van der Waals surface area contributed by atoms with Gasteiger partial charge < -0.3 is 19.3 Å². The van der Waals surface area contributed by atoms with Crippen molar-refractivity contribution in [2.45, 2.75) is 13.0 Å². The van der Waals surface area contributed by atoms with Crippen LogP contribution in [0.1, 0.15) is 12.0 Å². The van der Waals surface area contributed by atoms with Gasteiger partial charge >= 0.3 is 0 Å². The molecule has 0 saturated carbocycles. The van der Waals surface area contributed by atoms with E-state index in [2.05, 4.69) is 24.3 Å². The lowest BCUT2D eigenvalue weighted by atomic mass is 10.2. The molecule has 1 N–H and O–H groups in total. The minimum Gasteiger partial charge on any atom is -0.497 e. The summed E-state index contributed by atoms with van der Waals surface area (Å²) in [5.74, 6) is 1.73. The molecule has 0 atom stereocenters. The number of nitrogens with one attached hydrogen (secondary N) is 1. The van der Waals surface area contributed by atoms with Crippen molar-refractivity contribution in [3.63, 3.8) is 0 Å². The second kappa shape index (κ2) is 9.25. The standard InChI is InChI=1S/C21H26N2O3/c1-25-19-7-9-20(10-8-19)26-16-11-21(24)23-14-12-22(13-15-23)17-18-5-3-2-4-6-18/h2-10H,11-17H2,1H3/p+1. The molecule has 5 nitrogen and oxygen atoms in total. The van der Waals surface area contributed by atoms with Crippen LogP contribution < -0.4 is 14.4 Å². The first kappa shape index (κ1) is 18.3. The number of nitrogens with zero attached hydrogens (tertiary/aromatic N) is 1. The zero-order valence-electron chi connectivity index (χ0n) is 15.3. The molecular formula is C21H27N2O3+. The molecule has 1 saturated heterocycles. The average molecular weight is 355 g/mol. The lowest BCUT2D eigenvalue weighted by Crippen LogP contribution is -3.13. The predicted molar refractivity (Wildman–Crippen MR) is 101 cm³/mol. The summed E-state index contributed by atoms with van der Waals surface area (Å²) in [5, 5.41) is 0. The van der Waals surface area contributed by atoms with E-state index in [0.29, 0.717) is 13.0 Å². The number of carbonyl (C=O) groups excluding carboxylic acids is 1. The van der Waals surface area contributed by atoms with Crippen LogP contribution in [0, 0.1) is 0 Å². The highest BCUT2D eigenvalue weighted by Gasteiger charge is 2.23. The summed E-state index contributed by atoms with van der Waals surface area (Å²) in [7, 11) is 1.63. The van der Waals surface area contributed by atoms with Crippen LogP contribution in [0.25, 0.3) is 0 Å². The summed E-state index contributed by atoms with van der Waals surface area (Å²) in [6.07, 6.45) is 0.417. The normalized spacial score (nSPS) is 14.9. The minimum atomic E-state index is 0.178. The number of quaternary nitrogens is 1. The Labute approximate surface area is 155 Å². The number of methoxy groups -OCH3 is 1. The summed E-state index contributed by atoms with van der Waals surface area (Å²) >= 11 is 0. The maximum atomic E-state index is 12.4. The second-order valence-electron chi connectivity index (χ2n) is 6.57. The van der Waals surface area contributed by atoms with Gasteiger partial charge in [-0.1, -0.05) is 30.3 Å². The SMILES string of the molecule is COc1ccc(OCCC(=O)N2CC[NH+](Cc3ccccc3)CC2)cc1. The van der Waals surface area contributed by atoms with Gasteiger partial charge in [-0.25, -0.2) is 0 Å². The third-order valence-corrected chi connectivity index (χ3v) is 4.76. The fourth-order valence-electron chi connectivity index (χ4n) is 3.22. The van der Waals surface area contributed by atoms with Gasteiger partial charge in [0.2, 0.25) is 5.91 Å². The number of hydrogen-bond acceptors (Lipinski definition) is 3. The summed E-state index contributed by atoms with van der Waals surface area (Å²) in [4.78, 5) is 15.9. The maximum Gasteiger partial charge on any atom is 0.226 e. The third-order valence-electron chi connectivity index (χ3n) is 4.76. The van der Waals surface area contributed by atoms with Crippen LogP contribution in [0.5, 0.6) is 11.5 Å². The number of piperazine rings is 1. The zero-order chi connectivity index (χ0) is 18.2. The highest BCUT2D eigenvalue weighted by atomic mass is 16.5. The molecule has 2 aromatic rings. The Morgan fingerprint density at radius 2 is 1.65 bits per heavy atom. The van der Waals surface area contributed by atoms with Crippen LogP contribution in [0.15, 0.2) is 54.6 Å². The summed E-state index contributed by atoms with van der Waals surface area (Å²) in [6.45, 7) is 5.08. The van der Waals surface area contributed by atoms with Crippen molar-refractivity contribution < 1.29 is 19.2 Å². The number of benzene rings is 2. The van der Waals surface area contributed by atoms with Crippen LogP contribution in [-0.2, 0) is 11.3 Å². The van der Waals surface area contributed by atoms with Gasteiger partial charge in [-0.2, -0.15) is 0 Å². The van der Waals surface area contributed by atoms with Crippen LogP contribution in [0.2, 0.25) is 0 Å². The lowest BCUT2D eigenvalue weighted by molar-refractivity contribution is -0.917. The summed E-state index contributed by atoms with van der Waals surface area (Å²) < 4.78 is 10.8. The summed E-state index contributed by atoms with van der Waals surface area (Å²) in [5.41, 5.74) is 1.36. The maximum absolute atomic E-state index is 12.4. The molecule has 0 unspecified atom stereocenters. The molecule has 138 valence electrons. The smallest absolute Gasteiger partial charge is 0.226 e. The summed E-state index contributed by atoms with van der Waals surface area (Å²) in [6, 6.07) is 18.0. The number of carbonyl (C=O) groups is 1. The molecule has 1 amide bonds. The number of amides is 1. The molecular weight excluding hydrogens is 328 g/mol. The highest BCUT2D eigenvalue weighted by molar-refractivity contribution is 5.76. The van der Waals surface area contributed by atoms with Gasteiger partial charge in [-0.3, -0.25) is 4.79 Å². The molecule has 3 rings (SSSR count). The van der Waals surface area contributed by atoms with Crippen molar-refractivity contribution >= 4 is 5.91 Å². The Morgan fingerprint density at radius 1 is 1.00 bits per heavy atom. The first-order valence-corrected chi connectivity index (χ1v) is 9.17. The van der Waals surface area contributed by atoms with Gasteiger partial charge in [0.05, 0.1) is 46.3 Å². The van der Waals surface area contributed by atoms with Gasteiger partial charge in [0, 0.05) is 5.56 Å². The molecule has 1 fully saturated rings. The molecule has 1 aliphatic heterocycles. The first-order valence-electron chi connectivity index (χ1n) is 9.17. The Morgan fingerprint density at radius 3 is 2.31 bits per heavy atom. The fraction of sp³-hybridized carbons (Fsp3) is 0.381. The molecule has 1 heterocycles. The van der Waals surface area contributed by atoms with Gasteiger partial charge in [-0.05, 0) is 24.3 Å². The van der Waals surface area contributed by atoms with Crippen LogP contribution in [-0.4, -0.2) is 50.7 Å². The van der Waals surface area contributed by atoms with Gasteiger partial charge in [-0.15, -0.1) is 0 Å². The number of hydrogen-bond donors (Lipinski definition) is 1. The molecule has 0 bridgehead atoms. The Bertz CT molecular complexity index is 680. The Kier molecular flexibility index (Phi) is 6.50. The van der Waals surface area contributed by atoms with E-state index >= 15 is 0 Å². The molecule has 26 heavy (non-hydrogen) atoms. The fourth-order valence-corrected chi connectivity index (χ4v) is 3.22. The molecule has 0 spiro atoms. The Hall–Kier alpha value is -2.53. The van der Waals surface area contributed by atoms with E-state index in [4.69, 9.17) is 9.47 Å². The third kappa shape index (κ3) is 5.23. The highest BCUT2D eigenvalue weighted by Crippen LogP contribution is 2.17. The van der Waals surface area contributed by atoms with E-state index < -0.39 is 0 Å². The predicted octanol–water partition coefficient (Wildman–Crippen LogP) is 1.39. The van der Waals surface area contributed by atoms with Crippen LogP contribution in [0.3, 0.4) is 0 Å². The zero-order valence-corrected chi connectivity index (χ0v) is 15.3. The second-order valence-corrected chi connectivity index (χ2v) is 6.57. The first-order chi connectivity index (χ1) is 12.7. The van der Waals surface area contributed by atoms with Crippen LogP contribution >= 0.6 is 0 Å². The average Bonchev–Trinajstić information content (AvgIpc) is 2.70. The minimum absolute atomic E-state index is 0.178. The quantitative estimate of drug-likeness (QED) is 0.816. The number of rotatable bonds is 7. The van der Waals surface area contributed by atoms with Crippen molar-refractivity contribution in [1.82, 2.24) is 4.90 Å². The lowest BCUT2D eigenvalue weighted by Gasteiger charge is -2.32. The van der Waals surface area contributed by atoms with Crippen molar-refractivity contribution in [1.29, 1.82) is 0 Å². The molecule has 0 radical (unpaired) electrons. The van der Waals surface area contributed by atoms with Crippen LogP contribution in [0.4, 0.5) is 0 Å². The Balaban J connectivity index is 1.36.